The summed E-state index contributed by atoms with van der Waals surface area (Å²) < 4.78 is 24.5. The normalized spacial score (nSPS) is 27.3. The van der Waals surface area contributed by atoms with Crippen LogP contribution in [0.25, 0.3) is 0 Å². The fourth-order valence-corrected chi connectivity index (χ4v) is 4.19. The zero-order valence-electron chi connectivity index (χ0n) is 10.2. The molecule has 0 amide bonds. The van der Waals surface area contributed by atoms with E-state index in [1.54, 1.807) is 0 Å². The van der Waals surface area contributed by atoms with Gasteiger partial charge >= 0.3 is 0 Å². The Morgan fingerprint density at radius 3 is 2.39 bits per heavy atom. The molecule has 5 heteroatoms. The van der Waals surface area contributed by atoms with Gasteiger partial charge in [0.25, 0.3) is 10.2 Å². The lowest BCUT2D eigenvalue weighted by atomic mass is 9.61. The molecule has 1 atom stereocenters. The predicted molar refractivity (Wildman–Crippen MR) is 70.1 cm³/mol. The Morgan fingerprint density at radius 1 is 1.22 bits per heavy atom. The van der Waals surface area contributed by atoms with Gasteiger partial charge in [0.15, 0.2) is 0 Å². The summed E-state index contributed by atoms with van der Waals surface area (Å²) in [6, 6.07) is 10.2. The number of hydrogen-bond acceptors (Lipinski definition) is 2. The molecule has 1 aromatic carbocycles. The first kappa shape index (κ1) is 12.1. The Bertz CT molecular complexity index is 537. The molecule has 1 unspecified atom stereocenters. The van der Waals surface area contributed by atoms with E-state index in [0.717, 1.165) is 12.8 Å². The fraction of sp³-hybridized carbons (Fsp3) is 0.538. The van der Waals surface area contributed by atoms with Gasteiger partial charge in [0.05, 0.1) is 0 Å². The highest BCUT2D eigenvalue weighted by Gasteiger charge is 2.52. The highest BCUT2D eigenvalue weighted by atomic mass is 32.2. The predicted octanol–water partition coefficient (Wildman–Crippen LogP) is 1.46. The molecular formula is C13H18N2O2S. The number of nitrogens with two attached hydrogens (primary N) is 1. The van der Waals surface area contributed by atoms with E-state index in [2.05, 4.69) is 12.1 Å². The van der Waals surface area contributed by atoms with Crippen LogP contribution in [0.3, 0.4) is 0 Å². The Kier molecular flexibility index (Phi) is 2.73. The van der Waals surface area contributed by atoms with Crippen LogP contribution >= 0.6 is 0 Å². The van der Waals surface area contributed by atoms with Gasteiger partial charge in [-0.3, -0.25) is 0 Å². The lowest BCUT2D eigenvalue weighted by Crippen LogP contribution is -2.39. The van der Waals surface area contributed by atoms with Gasteiger partial charge in [-0.1, -0.05) is 36.8 Å². The second-order valence-corrected chi connectivity index (χ2v) is 7.06. The van der Waals surface area contributed by atoms with E-state index >= 15 is 0 Å². The molecule has 2 N–H and O–H groups in total. The summed E-state index contributed by atoms with van der Waals surface area (Å²) in [5.41, 5.74) is 1.37. The van der Waals surface area contributed by atoms with Crippen LogP contribution in [0.2, 0.25) is 0 Å². The van der Waals surface area contributed by atoms with Crippen molar-refractivity contribution < 1.29 is 8.42 Å². The van der Waals surface area contributed by atoms with E-state index in [4.69, 9.17) is 5.14 Å². The van der Waals surface area contributed by atoms with Crippen LogP contribution in [-0.2, 0) is 10.2 Å². The molecule has 3 rings (SSSR count). The molecule has 2 fully saturated rings. The van der Waals surface area contributed by atoms with Crippen LogP contribution in [0.1, 0.15) is 30.7 Å². The third-order valence-corrected chi connectivity index (χ3v) is 5.53. The largest absolute Gasteiger partial charge is 0.276 e. The van der Waals surface area contributed by atoms with Gasteiger partial charge in [-0.2, -0.15) is 12.7 Å². The van der Waals surface area contributed by atoms with Gasteiger partial charge in [0.2, 0.25) is 0 Å². The second kappa shape index (κ2) is 4.05. The van der Waals surface area contributed by atoms with E-state index in [9.17, 15) is 8.42 Å². The lowest BCUT2D eigenvalue weighted by Gasteiger charge is -2.43. The molecule has 1 spiro atoms. The Balaban J connectivity index is 1.94. The SMILES string of the molecule is NS(=O)(=O)N1CC(c2ccccc2)C2(CCC2)C1. The molecule has 1 aliphatic heterocycles. The third-order valence-electron chi connectivity index (χ3n) is 4.53. The van der Waals surface area contributed by atoms with Gasteiger partial charge in [-0.25, -0.2) is 5.14 Å². The number of benzene rings is 1. The van der Waals surface area contributed by atoms with Crippen molar-refractivity contribution in [3.05, 3.63) is 35.9 Å². The molecule has 1 aromatic rings. The topological polar surface area (TPSA) is 63.4 Å². The van der Waals surface area contributed by atoms with Crippen molar-refractivity contribution in [3.63, 3.8) is 0 Å². The first-order chi connectivity index (χ1) is 8.51. The fourth-order valence-electron chi connectivity index (χ4n) is 3.40. The summed E-state index contributed by atoms with van der Waals surface area (Å²) in [5.74, 6) is 0.297. The van der Waals surface area contributed by atoms with Crippen molar-refractivity contribution in [1.29, 1.82) is 0 Å². The molecule has 1 aliphatic carbocycles. The van der Waals surface area contributed by atoms with Crippen LogP contribution in [0, 0.1) is 5.41 Å². The van der Waals surface area contributed by atoms with Crippen molar-refractivity contribution in [2.45, 2.75) is 25.2 Å². The lowest BCUT2D eigenvalue weighted by molar-refractivity contribution is 0.131. The number of nitrogens with zero attached hydrogens (tertiary/aromatic N) is 1. The van der Waals surface area contributed by atoms with E-state index in [0.29, 0.717) is 19.0 Å². The maximum atomic E-state index is 11.5. The summed E-state index contributed by atoms with van der Waals surface area (Å²) >= 11 is 0. The molecule has 1 saturated heterocycles. The number of rotatable bonds is 2. The zero-order valence-corrected chi connectivity index (χ0v) is 11.1. The average molecular weight is 266 g/mol. The maximum Gasteiger partial charge on any atom is 0.276 e. The van der Waals surface area contributed by atoms with Gasteiger partial charge in [0.1, 0.15) is 0 Å². The van der Waals surface area contributed by atoms with Crippen molar-refractivity contribution in [1.82, 2.24) is 4.31 Å². The summed E-state index contributed by atoms with van der Waals surface area (Å²) in [5, 5.41) is 5.28. The van der Waals surface area contributed by atoms with E-state index in [1.165, 1.54) is 16.3 Å². The molecule has 0 aromatic heterocycles. The molecule has 1 saturated carbocycles. The van der Waals surface area contributed by atoms with Gasteiger partial charge in [0, 0.05) is 19.0 Å². The molecular weight excluding hydrogens is 248 g/mol. The van der Waals surface area contributed by atoms with Crippen LogP contribution in [-0.4, -0.2) is 25.8 Å². The van der Waals surface area contributed by atoms with E-state index < -0.39 is 10.2 Å². The summed E-state index contributed by atoms with van der Waals surface area (Å²) in [7, 11) is -3.56. The number of hydrogen-bond donors (Lipinski definition) is 1. The van der Waals surface area contributed by atoms with Crippen LogP contribution in [0.4, 0.5) is 0 Å². The van der Waals surface area contributed by atoms with Crippen LogP contribution in [0.15, 0.2) is 30.3 Å². The Hall–Kier alpha value is -0.910. The molecule has 0 radical (unpaired) electrons. The van der Waals surface area contributed by atoms with E-state index in [1.807, 2.05) is 18.2 Å². The van der Waals surface area contributed by atoms with Gasteiger partial charge in [-0.05, 0) is 23.8 Å². The van der Waals surface area contributed by atoms with Gasteiger partial charge < -0.3 is 0 Å². The molecule has 18 heavy (non-hydrogen) atoms. The first-order valence-corrected chi connectivity index (χ1v) is 7.84. The highest BCUT2D eigenvalue weighted by Crippen LogP contribution is 2.55. The van der Waals surface area contributed by atoms with Crippen LogP contribution in [0.5, 0.6) is 0 Å². The Labute approximate surface area is 108 Å². The molecule has 98 valence electrons. The van der Waals surface area contributed by atoms with Gasteiger partial charge in [-0.15, -0.1) is 0 Å². The average Bonchev–Trinajstić information content (AvgIpc) is 2.70. The molecule has 4 nitrogen and oxygen atoms in total. The van der Waals surface area contributed by atoms with Crippen molar-refractivity contribution in [2.75, 3.05) is 13.1 Å². The summed E-state index contributed by atoms with van der Waals surface area (Å²) in [6.45, 7) is 1.12. The summed E-state index contributed by atoms with van der Waals surface area (Å²) in [6.07, 6.45) is 3.42. The third kappa shape index (κ3) is 1.86. The quantitative estimate of drug-likeness (QED) is 0.880. The van der Waals surface area contributed by atoms with E-state index in [-0.39, 0.29) is 5.41 Å². The molecule has 0 bridgehead atoms. The minimum atomic E-state index is -3.56. The van der Waals surface area contributed by atoms with Crippen LogP contribution < -0.4 is 5.14 Å². The first-order valence-electron chi connectivity index (χ1n) is 6.34. The zero-order chi connectivity index (χ0) is 12.8. The van der Waals surface area contributed by atoms with Crippen molar-refractivity contribution in [3.8, 4) is 0 Å². The monoisotopic (exact) mass is 266 g/mol. The van der Waals surface area contributed by atoms with Crippen molar-refractivity contribution >= 4 is 10.2 Å². The highest BCUT2D eigenvalue weighted by molar-refractivity contribution is 7.86. The minimum absolute atomic E-state index is 0.133. The standard InChI is InChI=1S/C13H18N2O2S/c14-18(16,17)15-9-12(11-5-2-1-3-6-11)13(10-15)7-4-8-13/h1-3,5-6,12H,4,7-10H2,(H2,14,16,17). The maximum absolute atomic E-state index is 11.5. The smallest absolute Gasteiger partial charge is 0.216 e. The second-order valence-electron chi connectivity index (χ2n) is 5.52. The van der Waals surface area contributed by atoms with Crippen molar-refractivity contribution in [2.24, 2.45) is 10.6 Å². The summed E-state index contributed by atoms with van der Waals surface area (Å²) in [4.78, 5) is 0. The molecule has 2 aliphatic rings. The Morgan fingerprint density at radius 2 is 1.89 bits per heavy atom. The minimum Gasteiger partial charge on any atom is -0.216 e. The molecule has 1 heterocycles.